The number of alkyl halides is 3. The normalized spacial score (nSPS) is 26.5. The lowest BCUT2D eigenvalue weighted by Gasteiger charge is -2.36. The van der Waals surface area contributed by atoms with Crippen LogP contribution in [0.4, 0.5) is 22.0 Å². The van der Waals surface area contributed by atoms with E-state index in [9.17, 15) is 22.0 Å². The Hall–Kier alpha value is -2.53. The highest BCUT2D eigenvalue weighted by Gasteiger charge is 2.61. The molecule has 0 saturated carbocycles. The first-order valence-corrected chi connectivity index (χ1v) is 10.2. The summed E-state index contributed by atoms with van der Waals surface area (Å²) in [5, 5.41) is 0.0455. The lowest BCUT2D eigenvalue weighted by Crippen LogP contribution is -2.46. The molecule has 2 aliphatic heterocycles. The Bertz CT molecular complexity index is 1060. The number of aliphatic imine (C=N–C) groups is 1. The van der Waals surface area contributed by atoms with Crippen LogP contribution in [0.2, 0.25) is 0 Å². The van der Waals surface area contributed by atoms with Crippen molar-refractivity contribution in [1.82, 2.24) is 9.97 Å². The molecule has 4 rings (SSSR count). The lowest BCUT2D eigenvalue weighted by atomic mass is 9.78. The van der Waals surface area contributed by atoms with E-state index in [-0.39, 0.29) is 27.7 Å². The third kappa shape index (κ3) is 4.03. The number of amidine groups is 1. The van der Waals surface area contributed by atoms with Gasteiger partial charge in [-0.2, -0.15) is 13.2 Å². The van der Waals surface area contributed by atoms with Gasteiger partial charge in [-0.25, -0.2) is 13.8 Å². The molecule has 1 aromatic heterocycles. The fourth-order valence-electron chi connectivity index (χ4n) is 3.80. The molecular formula is C20H17F5N4OS. The van der Waals surface area contributed by atoms with E-state index >= 15 is 0 Å². The van der Waals surface area contributed by atoms with Gasteiger partial charge >= 0.3 is 6.18 Å². The van der Waals surface area contributed by atoms with Gasteiger partial charge in [0.05, 0.1) is 18.5 Å². The van der Waals surface area contributed by atoms with E-state index in [1.807, 2.05) is 0 Å². The number of rotatable bonds is 3. The summed E-state index contributed by atoms with van der Waals surface area (Å²) in [4.78, 5) is 12.1. The lowest BCUT2D eigenvalue weighted by molar-refractivity contribution is -0.215. The van der Waals surface area contributed by atoms with Crippen LogP contribution in [0, 0.1) is 18.7 Å². The van der Waals surface area contributed by atoms with Crippen molar-refractivity contribution < 1.29 is 26.7 Å². The fourth-order valence-corrected chi connectivity index (χ4v) is 4.82. The number of nitrogens with two attached hydrogens (primary N) is 1. The predicted octanol–water partition coefficient (Wildman–Crippen LogP) is 4.23. The number of ether oxygens (including phenoxy) is 1. The maximum Gasteiger partial charge on any atom is 0.415 e. The number of halogens is 5. The zero-order valence-electron chi connectivity index (χ0n) is 16.2. The molecule has 3 atom stereocenters. The predicted molar refractivity (Wildman–Crippen MR) is 107 cm³/mol. The molecule has 0 amide bonds. The number of hydrogen-bond donors (Lipinski definition) is 1. The standard InChI is InChI=1S/C20H17F5N4OS/c1-10-6-28-16(7-27-10)15(22)5-11-2-3-14(21)12(4-11)19-9-30-17(20(23,24)25)13(19)8-31-18(26)29-19/h2-7,13,17H,8-9H2,1H3,(H2,26,29)/b15-5-/t13-,17+,19-/m1/s1. The number of thioether (sulfide) groups is 1. The molecular weight excluding hydrogens is 439 g/mol. The number of aryl methyl sites for hydroxylation is 1. The second-order valence-corrected chi connectivity index (χ2v) is 8.38. The van der Waals surface area contributed by atoms with Crippen LogP contribution in [0.1, 0.15) is 22.5 Å². The van der Waals surface area contributed by atoms with Crippen LogP contribution in [0.25, 0.3) is 11.9 Å². The Labute approximate surface area is 178 Å². The summed E-state index contributed by atoms with van der Waals surface area (Å²) in [6.45, 7) is 1.21. The van der Waals surface area contributed by atoms with Crippen molar-refractivity contribution in [3.63, 3.8) is 0 Å². The minimum atomic E-state index is -4.64. The van der Waals surface area contributed by atoms with Gasteiger partial charge in [-0.3, -0.25) is 9.97 Å². The molecule has 1 fully saturated rings. The van der Waals surface area contributed by atoms with Crippen molar-refractivity contribution in [1.29, 1.82) is 0 Å². The summed E-state index contributed by atoms with van der Waals surface area (Å²) in [7, 11) is 0. The van der Waals surface area contributed by atoms with Crippen molar-refractivity contribution in [2.45, 2.75) is 24.7 Å². The van der Waals surface area contributed by atoms with Gasteiger partial charge in [-0.15, -0.1) is 0 Å². The summed E-state index contributed by atoms with van der Waals surface area (Å²) >= 11 is 0.965. The van der Waals surface area contributed by atoms with Crippen LogP contribution < -0.4 is 5.73 Å². The summed E-state index contributed by atoms with van der Waals surface area (Å²) in [5.74, 6) is -2.71. The highest BCUT2D eigenvalue weighted by atomic mass is 32.2. The Kier molecular flexibility index (Phi) is 5.50. The van der Waals surface area contributed by atoms with Gasteiger partial charge < -0.3 is 10.5 Å². The zero-order chi connectivity index (χ0) is 22.4. The van der Waals surface area contributed by atoms with Gasteiger partial charge in [0.2, 0.25) is 0 Å². The first-order chi connectivity index (χ1) is 14.6. The summed E-state index contributed by atoms with van der Waals surface area (Å²) in [6, 6.07) is 3.65. The van der Waals surface area contributed by atoms with Gasteiger partial charge in [0, 0.05) is 23.4 Å². The highest BCUT2D eigenvalue weighted by molar-refractivity contribution is 8.13. The molecule has 0 radical (unpaired) electrons. The number of benzene rings is 1. The average Bonchev–Trinajstić information content (AvgIpc) is 3.09. The molecule has 1 saturated heterocycles. The van der Waals surface area contributed by atoms with Crippen molar-refractivity contribution in [2.75, 3.05) is 12.4 Å². The van der Waals surface area contributed by atoms with E-state index < -0.39 is 42.0 Å². The van der Waals surface area contributed by atoms with E-state index in [1.165, 1.54) is 24.5 Å². The van der Waals surface area contributed by atoms with Crippen LogP contribution >= 0.6 is 11.8 Å². The molecule has 3 heterocycles. The van der Waals surface area contributed by atoms with Crippen molar-refractivity contribution >= 4 is 28.8 Å². The first kappa shape index (κ1) is 21.7. The van der Waals surface area contributed by atoms with Crippen LogP contribution in [0.3, 0.4) is 0 Å². The number of nitrogens with zero attached hydrogens (tertiary/aromatic N) is 3. The van der Waals surface area contributed by atoms with E-state index in [4.69, 9.17) is 10.5 Å². The molecule has 164 valence electrons. The van der Waals surface area contributed by atoms with Gasteiger partial charge in [0.15, 0.2) is 17.1 Å². The maximum atomic E-state index is 14.9. The molecule has 0 aliphatic carbocycles. The van der Waals surface area contributed by atoms with Gasteiger partial charge in [-0.05, 0) is 30.7 Å². The van der Waals surface area contributed by atoms with Crippen molar-refractivity contribution in [2.24, 2.45) is 16.6 Å². The molecule has 1 aromatic carbocycles. The molecule has 0 spiro atoms. The zero-order valence-corrected chi connectivity index (χ0v) is 17.0. The smallest absolute Gasteiger partial charge is 0.379 e. The fraction of sp³-hybridized carbons (Fsp3) is 0.350. The van der Waals surface area contributed by atoms with Crippen molar-refractivity contribution in [3.8, 4) is 0 Å². The van der Waals surface area contributed by atoms with Crippen LogP contribution in [-0.2, 0) is 10.3 Å². The monoisotopic (exact) mass is 456 g/mol. The SMILES string of the molecule is Cc1cnc(/C(F)=C/c2ccc(F)c([C@]34CO[C@H](C(F)(F)F)[C@H]3CSC(N)=N4)c2)cn1. The van der Waals surface area contributed by atoms with Gasteiger partial charge in [0.25, 0.3) is 0 Å². The maximum absolute atomic E-state index is 14.9. The van der Waals surface area contributed by atoms with E-state index in [1.54, 1.807) is 6.92 Å². The van der Waals surface area contributed by atoms with E-state index in [0.29, 0.717) is 5.69 Å². The third-order valence-electron chi connectivity index (χ3n) is 5.28. The topological polar surface area (TPSA) is 73.4 Å². The quantitative estimate of drug-likeness (QED) is 0.700. The Morgan fingerprint density at radius 3 is 2.74 bits per heavy atom. The summed E-state index contributed by atoms with van der Waals surface area (Å²) < 4.78 is 75.0. The number of aromatic nitrogens is 2. The second-order valence-electron chi connectivity index (χ2n) is 7.34. The van der Waals surface area contributed by atoms with Gasteiger partial charge in [0.1, 0.15) is 17.1 Å². The van der Waals surface area contributed by atoms with Gasteiger partial charge in [-0.1, -0.05) is 17.8 Å². The molecule has 11 heteroatoms. The van der Waals surface area contributed by atoms with E-state index in [0.717, 1.165) is 23.9 Å². The average molecular weight is 456 g/mol. The molecule has 5 nitrogen and oxygen atoms in total. The van der Waals surface area contributed by atoms with E-state index in [2.05, 4.69) is 15.0 Å². The van der Waals surface area contributed by atoms with Crippen LogP contribution in [0.15, 0.2) is 35.6 Å². The molecule has 0 unspecified atom stereocenters. The van der Waals surface area contributed by atoms with Crippen LogP contribution in [0.5, 0.6) is 0 Å². The Morgan fingerprint density at radius 2 is 2.06 bits per heavy atom. The molecule has 2 aliphatic rings. The summed E-state index contributed by atoms with van der Waals surface area (Å²) in [5.41, 5.74) is 4.83. The number of fused-ring (bicyclic) bond motifs is 1. The minimum Gasteiger partial charge on any atom is -0.379 e. The Morgan fingerprint density at radius 1 is 1.29 bits per heavy atom. The first-order valence-electron chi connectivity index (χ1n) is 9.23. The van der Waals surface area contributed by atoms with Crippen LogP contribution in [-0.4, -0.2) is 39.8 Å². The Balaban J connectivity index is 1.77. The molecule has 0 bridgehead atoms. The molecule has 2 aromatic rings. The minimum absolute atomic E-state index is 0.0230. The third-order valence-corrected chi connectivity index (χ3v) is 6.19. The molecule has 31 heavy (non-hydrogen) atoms. The highest BCUT2D eigenvalue weighted by Crippen LogP contribution is 2.51. The molecule has 2 N–H and O–H groups in total. The van der Waals surface area contributed by atoms with Crippen molar-refractivity contribution in [3.05, 3.63) is 58.9 Å². The second kappa shape index (κ2) is 7.86. The summed E-state index contributed by atoms with van der Waals surface area (Å²) in [6.07, 6.45) is -2.99. The number of hydrogen-bond acceptors (Lipinski definition) is 6. The largest absolute Gasteiger partial charge is 0.415 e.